The molecular formula is C15H16FN5O. The topological polar surface area (TPSA) is 71.0 Å². The number of carbonyl (C=O) groups excluding carboxylic acids is 1. The third kappa shape index (κ3) is 3.36. The normalized spacial score (nSPS) is 18.0. The molecule has 114 valence electrons. The van der Waals surface area contributed by atoms with Gasteiger partial charge in [-0.1, -0.05) is 0 Å². The summed E-state index contributed by atoms with van der Waals surface area (Å²) in [7, 11) is 0. The SMILES string of the molecule is O=C(N[C@H]1CCCN(c2cccnn2)C1)c1ccc(F)cn1. The van der Waals surface area contributed by atoms with Crippen LogP contribution in [0.15, 0.2) is 36.7 Å². The number of nitrogens with one attached hydrogen (secondary N) is 1. The molecule has 0 saturated carbocycles. The first-order valence-corrected chi connectivity index (χ1v) is 7.17. The van der Waals surface area contributed by atoms with E-state index in [1.165, 1.54) is 12.1 Å². The van der Waals surface area contributed by atoms with Gasteiger partial charge in [-0.25, -0.2) is 9.37 Å². The Morgan fingerprint density at radius 1 is 1.36 bits per heavy atom. The number of pyridine rings is 1. The Morgan fingerprint density at radius 3 is 3.00 bits per heavy atom. The molecule has 1 atom stereocenters. The first-order chi connectivity index (χ1) is 10.7. The lowest BCUT2D eigenvalue weighted by atomic mass is 10.1. The highest BCUT2D eigenvalue weighted by molar-refractivity contribution is 5.92. The van der Waals surface area contributed by atoms with Crippen molar-refractivity contribution in [3.05, 3.63) is 48.2 Å². The van der Waals surface area contributed by atoms with Gasteiger partial charge in [0, 0.05) is 25.3 Å². The van der Waals surface area contributed by atoms with Gasteiger partial charge in [-0.15, -0.1) is 5.10 Å². The number of halogens is 1. The zero-order valence-corrected chi connectivity index (χ0v) is 11.9. The number of nitrogens with zero attached hydrogens (tertiary/aromatic N) is 4. The number of hydrogen-bond acceptors (Lipinski definition) is 5. The van der Waals surface area contributed by atoms with E-state index in [9.17, 15) is 9.18 Å². The van der Waals surface area contributed by atoms with Gasteiger partial charge in [-0.05, 0) is 37.1 Å². The van der Waals surface area contributed by atoms with Crippen molar-refractivity contribution in [2.45, 2.75) is 18.9 Å². The van der Waals surface area contributed by atoms with Crippen LogP contribution in [0.1, 0.15) is 23.3 Å². The van der Waals surface area contributed by atoms with E-state index < -0.39 is 5.82 Å². The van der Waals surface area contributed by atoms with Crippen LogP contribution in [0.4, 0.5) is 10.2 Å². The third-order valence-electron chi connectivity index (χ3n) is 3.60. The molecule has 1 saturated heterocycles. The van der Waals surface area contributed by atoms with Gasteiger partial charge in [0.25, 0.3) is 5.91 Å². The molecule has 1 amide bonds. The van der Waals surface area contributed by atoms with Gasteiger partial charge in [0.2, 0.25) is 0 Å². The van der Waals surface area contributed by atoms with Crippen LogP contribution in [0.3, 0.4) is 0 Å². The van der Waals surface area contributed by atoms with Crippen molar-refractivity contribution in [3.8, 4) is 0 Å². The quantitative estimate of drug-likeness (QED) is 0.928. The number of piperidine rings is 1. The fourth-order valence-electron chi connectivity index (χ4n) is 2.53. The molecule has 7 heteroatoms. The highest BCUT2D eigenvalue weighted by Crippen LogP contribution is 2.16. The summed E-state index contributed by atoms with van der Waals surface area (Å²) in [6.07, 6.45) is 4.52. The smallest absolute Gasteiger partial charge is 0.270 e. The van der Waals surface area contributed by atoms with E-state index in [1.807, 2.05) is 12.1 Å². The van der Waals surface area contributed by atoms with Crippen molar-refractivity contribution < 1.29 is 9.18 Å². The summed E-state index contributed by atoms with van der Waals surface area (Å²) in [5.74, 6) is 0.0652. The molecule has 1 aliphatic rings. The number of hydrogen-bond donors (Lipinski definition) is 1. The van der Waals surface area contributed by atoms with Crippen LogP contribution in [0, 0.1) is 5.82 Å². The lowest BCUT2D eigenvalue weighted by Crippen LogP contribution is -2.48. The molecule has 1 fully saturated rings. The predicted octanol–water partition coefficient (Wildman–Crippen LogP) is 1.41. The van der Waals surface area contributed by atoms with E-state index in [0.29, 0.717) is 6.54 Å². The zero-order chi connectivity index (χ0) is 15.4. The summed E-state index contributed by atoms with van der Waals surface area (Å²) in [6.45, 7) is 1.56. The standard InChI is InChI=1S/C15H16FN5O/c16-11-5-6-13(17-9-11)15(22)19-12-3-2-8-21(10-12)14-4-1-7-18-20-14/h1,4-7,9,12H,2-3,8,10H2,(H,19,22)/t12-/m0/s1. The summed E-state index contributed by atoms with van der Waals surface area (Å²) >= 11 is 0. The molecule has 2 aromatic heterocycles. The molecule has 22 heavy (non-hydrogen) atoms. The Morgan fingerprint density at radius 2 is 2.27 bits per heavy atom. The lowest BCUT2D eigenvalue weighted by Gasteiger charge is -2.33. The Kier molecular flexibility index (Phi) is 4.22. The Bertz CT molecular complexity index is 634. The van der Waals surface area contributed by atoms with Crippen LogP contribution in [0.2, 0.25) is 0 Å². The maximum Gasteiger partial charge on any atom is 0.270 e. The Balaban J connectivity index is 1.63. The van der Waals surface area contributed by atoms with Crippen molar-refractivity contribution in [1.82, 2.24) is 20.5 Å². The molecule has 0 unspecified atom stereocenters. The average Bonchev–Trinajstić information content (AvgIpc) is 2.56. The molecule has 2 aromatic rings. The number of rotatable bonds is 3. The maximum atomic E-state index is 12.8. The Hall–Kier alpha value is -2.57. The Labute approximate surface area is 127 Å². The van der Waals surface area contributed by atoms with E-state index in [4.69, 9.17) is 0 Å². The van der Waals surface area contributed by atoms with Crippen molar-refractivity contribution >= 4 is 11.7 Å². The van der Waals surface area contributed by atoms with Gasteiger partial charge in [-0.2, -0.15) is 5.10 Å². The van der Waals surface area contributed by atoms with Crippen molar-refractivity contribution in [2.75, 3.05) is 18.0 Å². The fourth-order valence-corrected chi connectivity index (χ4v) is 2.53. The van der Waals surface area contributed by atoms with Crippen molar-refractivity contribution in [3.63, 3.8) is 0 Å². The second-order valence-corrected chi connectivity index (χ2v) is 5.20. The minimum absolute atomic E-state index is 0.00936. The number of carbonyl (C=O) groups is 1. The summed E-state index contributed by atoms with van der Waals surface area (Å²) in [5, 5.41) is 10.9. The minimum Gasteiger partial charge on any atom is -0.353 e. The molecule has 6 nitrogen and oxygen atoms in total. The van der Waals surface area contributed by atoms with Crippen LogP contribution in [-0.2, 0) is 0 Å². The van der Waals surface area contributed by atoms with Gasteiger partial charge in [0.05, 0.1) is 6.20 Å². The molecule has 3 rings (SSSR count). The summed E-state index contributed by atoms with van der Waals surface area (Å²) in [4.78, 5) is 18.0. The lowest BCUT2D eigenvalue weighted by molar-refractivity contribution is 0.0928. The van der Waals surface area contributed by atoms with Crippen LogP contribution in [0.25, 0.3) is 0 Å². The minimum atomic E-state index is -0.456. The highest BCUT2D eigenvalue weighted by atomic mass is 19.1. The van der Waals surface area contributed by atoms with Crippen molar-refractivity contribution in [1.29, 1.82) is 0 Å². The van der Waals surface area contributed by atoms with Gasteiger partial charge >= 0.3 is 0 Å². The summed E-state index contributed by atoms with van der Waals surface area (Å²) in [5.41, 5.74) is 0.220. The van der Waals surface area contributed by atoms with E-state index in [2.05, 4.69) is 25.4 Å². The second kappa shape index (κ2) is 6.46. The van der Waals surface area contributed by atoms with Crippen molar-refractivity contribution in [2.24, 2.45) is 0 Å². The van der Waals surface area contributed by atoms with Crippen LogP contribution in [0.5, 0.6) is 0 Å². The molecule has 0 radical (unpaired) electrons. The fraction of sp³-hybridized carbons (Fsp3) is 0.333. The van der Waals surface area contributed by atoms with E-state index in [0.717, 1.165) is 31.4 Å². The molecule has 0 aliphatic carbocycles. The van der Waals surface area contributed by atoms with E-state index >= 15 is 0 Å². The average molecular weight is 301 g/mol. The van der Waals surface area contributed by atoms with Gasteiger partial charge in [-0.3, -0.25) is 4.79 Å². The molecule has 0 aromatic carbocycles. The molecular weight excluding hydrogens is 285 g/mol. The number of aromatic nitrogens is 3. The second-order valence-electron chi connectivity index (χ2n) is 5.20. The molecule has 0 bridgehead atoms. The number of anilines is 1. The van der Waals surface area contributed by atoms with Crippen LogP contribution >= 0.6 is 0 Å². The van der Waals surface area contributed by atoms with Gasteiger partial charge in [0.15, 0.2) is 5.82 Å². The molecule has 3 heterocycles. The maximum absolute atomic E-state index is 12.8. The molecule has 1 N–H and O–H groups in total. The van der Waals surface area contributed by atoms with E-state index in [-0.39, 0.29) is 17.6 Å². The number of amides is 1. The first kappa shape index (κ1) is 14.4. The largest absolute Gasteiger partial charge is 0.353 e. The summed E-state index contributed by atoms with van der Waals surface area (Å²) in [6, 6.07) is 6.36. The van der Waals surface area contributed by atoms with Gasteiger partial charge < -0.3 is 10.2 Å². The van der Waals surface area contributed by atoms with Gasteiger partial charge in [0.1, 0.15) is 11.5 Å². The zero-order valence-electron chi connectivity index (χ0n) is 11.9. The highest BCUT2D eigenvalue weighted by Gasteiger charge is 2.23. The van der Waals surface area contributed by atoms with Crippen LogP contribution < -0.4 is 10.2 Å². The predicted molar refractivity (Wildman–Crippen MR) is 78.9 cm³/mol. The first-order valence-electron chi connectivity index (χ1n) is 7.17. The van der Waals surface area contributed by atoms with E-state index in [1.54, 1.807) is 6.20 Å². The monoisotopic (exact) mass is 301 g/mol. The molecule has 1 aliphatic heterocycles. The van der Waals surface area contributed by atoms with Crippen LogP contribution in [-0.4, -0.2) is 40.2 Å². The molecule has 0 spiro atoms. The third-order valence-corrected chi connectivity index (χ3v) is 3.60. The summed E-state index contributed by atoms with van der Waals surface area (Å²) < 4.78 is 12.8.